The van der Waals surface area contributed by atoms with Gasteiger partial charge in [0.15, 0.2) is 5.78 Å². The number of cyclic esters (lactones) is 1. The summed E-state index contributed by atoms with van der Waals surface area (Å²) >= 11 is 0. The summed E-state index contributed by atoms with van der Waals surface area (Å²) < 4.78 is 12.3. The summed E-state index contributed by atoms with van der Waals surface area (Å²) in [5, 5.41) is 0. The minimum absolute atomic E-state index is 0.0404. The lowest BCUT2D eigenvalue weighted by Crippen LogP contribution is -2.64. The molecule has 2 aliphatic heterocycles. The second-order valence-electron chi connectivity index (χ2n) is 12.9. The number of ether oxygens (including phenoxy) is 2. The van der Waals surface area contributed by atoms with Crippen molar-refractivity contribution in [2.45, 2.75) is 92.0 Å². The average Bonchev–Trinajstić information content (AvgIpc) is 3.51. The number of epoxide rings is 1. The number of carbonyl (C=O) groups is 3. The molecule has 0 amide bonds. The molecule has 5 heteroatoms. The van der Waals surface area contributed by atoms with E-state index in [9.17, 15) is 14.4 Å². The highest BCUT2D eigenvalue weighted by atomic mass is 16.6. The number of carbonyl (C=O) groups excluding carboxylic acids is 3. The van der Waals surface area contributed by atoms with Crippen LogP contribution >= 0.6 is 0 Å². The molecule has 0 spiro atoms. The number of hydrogen-bond acceptors (Lipinski definition) is 5. The SMILES string of the molecule is CC1=C(C)C(=O)OC(C(C)C2CCC3C4C5OC5C5(C)CC=CC(=O)C5(C)C4CC(=O)C23C)C1. The molecular weight excluding hydrogens is 428 g/mol. The third-order valence-electron chi connectivity index (χ3n) is 12.0. The fraction of sp³-hybridized carbons (Fsp3) is 0.759. The summed E-state index contributed by atoms with van der Waals surface area (Å²) in [6.07, 6.45) is 7.86. The summed E-state index contributed by atoms with van der Waals surface area (Å²) in [5.74, 6) is 1.07. The molecule has 11 atom stereocenters. The predicted octanol–water partition coefficient (Wildman–Crippen LogP) is 4.83. The highest BCUT2D eigenvalue weighted by molar-refractivity contribution is 5.98. The van der Waals surface area contributed by atoms with Crippen molar-refractivity contribution in [2.24, 2.45) is 45.8 Å². The number of ketones is 2. The Balaban J connectivity index is 1.34. The van der Waals surface area contributed by atoms with Crippen LogP contribution in [-0.2, 0) is 23.9 Å². The van der Waals surface area contributed by atoms with Crippen molar-refractivity contribution in [1.29, 1.82) is 0 Å². The maximum atomic E-state index is 14.1. The number of Topliss-reactive ketones (excluding diaryl/α,β-unsaturated/α-hetero) is 1. The molecule has 0 aromatic heterocycles. The van der Waals surface area contributed by atoms with Crippen LogP contribution in [0.2, 0.25) is 0 Å². The summed E-state index contributed by atoms with van der Waals surface area (Å²) in [6, 6.07) is 0. The van der Waals surface area contributed by atoms with Gasteiger partial charge in [0.25, 0.3) is 0 Å². The van der Waals surface area contributed by atoms with Gasteiger partial charge in [0.05, 0.1) is 12.2 Å². The molecule has 34 heavy (non-hydrogen) atoms. The second kappa shape index (κ2) is 6.93. The van der Waals surface area contributed by atoms with E-state index >= 15 is 0 Å². The average molecular weight is 467 g/mol. The van der Waals surface area contributed by atoms with Gasteiger partial charge in [0, 0.05) is 34.7 Å². The zero-order valence-electron chi connectivity index (χ0n) is 21.4. The highest BCUT2D eigenvalue weighted by Crippen LogP contribution is 2.73. The number of esters is 1. The minimum atomic E-state index is -0.552. The normalized spacial score (nSPS) is 52.4. The highest BCUT2D eigenvalue weighted by Gasteiger charge is 2.77. The lowest BCUT2D eigenvalue weighted by Gasteiger charge is -2.60. The van der Waals surface area contributed by atoms with Crippen molar-refractivity contribution < 1.29 is 23.9 Å². The Morgan fingerprint density at radius 3 is 2.47 bits per heavy atom. The molecule has 3 saturated carbocycles. The zero-order valence-corrected chi connectivity index (χ0v) is 21.4. The van der Waals surface area contributed by atoms with Crippen molar-refractivity contribution in [2.75, 3.05) is 0 Å². The van der Waals surface area contributed by atoms with E-state index in [0.717, 1.165) is 36.8 Å². The molecule has 11 unspecified atom stereocenters. The third-order valence-corrected chi connectivity index (χ3v) is 12.0. The first-order valence-electron chi connectivity index (χ1n) is 13.2. The van der Waals surface area contributed by atoms with Gasteiger partial charge in [-0.2, -0.15) is 0 Å². The first-order valence-corrected chi connectivity index (χ1v) is 13.2. The largest absolute Gasteiger partial charge is 0.458 e. The number of hydrogen-bond donors (Lipinski definition) is 0. The molecule has 0 aromatic rings. The van der Waals surface area contributed by atoms with E-state index in [0.29, 0.717) is 12.2 Å². The van der Waals surface area contributed by atoms with Crippen molar-refractivity contribution in [1.82, 2.24) is 0 Å². The lowest BCUT2D eigenvalue weighted by molar-refractivity contribution is -0.167. The molecule has 4 aliphatic carbocycles. The molecule has 1 saturated heterocycles. The Morgan fingerprint density at radius 1 is 1.03 bits per heavy atom. The van der Waals surface area contributed by atoms with Crippen molar-refractivity contribution in [3.8, 4) is 0 Å². The van der Waals surface area contributed by atoms with Gasteiger partial charge in [-0.3, -0.25) is 9.59 Å². The number of allylic oxidation sites excluding steroid dienone is 2. The minimum Gasteiger partial charge on any atom is -0.458 e. The number of fused-ring (bicyclic) bond motifs is 8. The van der Waals surface area contributed by atoms with Gasteiger partial charge < -0.3 is 9.47 Å². The van der Waals surface area contributed by atoms with Crippen LogP contribution in [0.1, 0.15) is 73.6 Å². The van der Waals surface area contributed by atoms with Crippen LogP contribution in [0.4, 0.5) is 0 Å². The van der Waals surface area contributed by atoms with Crippen molar-refractivity contribution in [3.05, 3.63) is 23.3 Å². The molecule has 0 radical (unpaired) electrons. The summed E-state index contributed by atoms with van der Waals surface area (Å²) in [6.45, 7) is 12.5. The van der Waals surface area contributed by atoms with Gasteiger partial charge in [-0.1, -0.05) is 39.3 Å². The molecule has 0 aromatic carbocycles. The Bertz CT molecular complexity index is 1050. The van der Waals surface area contributed by atoms with Gasteiger partial charge in [0.2, 0.25) is 0 Å². The molecule has 5 nitrogen and oxygen atoms in total. The smallest absolute Gasteiger partial charge is 0.333 e. The van der Waals surface area contributed by atoms with Gasteiger partial charge in [0.1, 0.15) is 11.9 Å². The summed E-state index contributed by atoms with van der Waals surface area (Å²) in [7, 11) is 0. The van der Waals surface area contributed by atoms with Crippen LogP contribution < -0.4 is 0 Å². The zero-order chi connectivity index (χ0) is 24.4. The Morgan fingerprint density at radius 2 is 1.76 bits per heavy atom. The van der Waals surface area contributed by atoms with E-state index in [1.165, 1.54) is 0 Å². The van der Waals surface area contributed by atoms with Gasteiger partial charge in [-0.25, -0.2) is 4.79 Å². The van der Waals surface area contributed by atoms with E-state index in [1.54, 1.807) is 6.08 Å². The van der Waals surface area contributed by atoms with E-state index in [4.69, 9.17) is 9.47 Å². The van der Waals surface area contributed by atoms with Gasteiger partial charge in [-0.05, 0) is 68.8 Å². The molecule has 4 fully saturated rings. The molecule has 184 valence electrons. The third kappa shape index (κ3) is 2.52. The van der Waals surface area contributed by atoms with Crippen LogP contribution in [0.25, 0.3) is 0 Å². The Kier molecular flexibility index (Phi) is 4.62. The lowest BCUT2D eigenvalue weighted by atomic mass is 9.40. The van der Waals surface area contributed by atoms with E-state index in [-0.39, 0.29) is 65.1 Å². The standard InChI is InChI=1S/C29H38O5/c1-14-12-20(33-26(32)15(14)2)16(3)17-9-10-18-23-19(13-22(31)28(17,18)5)29(6)21(30)8-7-11-27(29,4)25-24(23)34-25/h7-8,16-20,23-25H,9-13H2,1-6H3. The molecule has 2 heterocycles. The molecule has 6 rings (SSSR count). The topological polar surface area (TPSA) is 73.0 Å². The van der Waals surface area contributed by atoms with E-state index < -0.39 is 10.8 Å². The Labute approximate surface area is 202 Å². The summed E-state index contributed by atoms with van der Waals surface area (Å²) in [5.41, 5.74) is 0.577. The number of rotatable bonds is 2. The molecule has 0 bridgehead atoms. The molecule has 6 aliphatic rings. The molecular formula is C29H38O5. The van der Waals surface area contributed by atoms with Crippen LogP contribution in [0.3, 0.4) is 0 Å². The quantitative estimate of drug-likeness (QED) is 0.430. The first kappa shape index (κ1) is 22.7. The second-order valence-corrected chi connectivity index (χ2v) is 12.9. The van der Waals surface area contributed by atoms with E-state index in [1.807, 2.05) is 19.9 Å². The van der Waals surface area contributed by atoms with Crippen LogP contribution in [-0.4, -0.2) is 35.8 Å². The van der Waals surface area contributed by atoms with Gasteiger partial charge >= 0.3 is 5.97 Å². The van der Waals surface area contributed by atoms with Crippen LogP contribution in [0.5, 0.6) is 0 Å². The summed E-state index contributed by atoms with van der Waals surface area (Å²) in [4.78, 5) is 39.9. The first-order chi connectivity index (χ1) is 16.0. The van der Waals surface area contributed by atoms with E-state index in [2.05, 4.69) is 27.7 Å². The predicted molar refractivity (Wildman–Crippen MR) is 127 cm³/mol. The fourth-order valence-corrected chi connectivity index (χ4v) is 9.41. The van der Waals surface area contributed by atoms with Crippen LogP contribution in [0.15, 0.2) is 23.3 Å². The Hall–Kier alpha value is -1.75. The van der Waals surface area contributed by atoms with Crippen LogP contribution in [0, 0.1) is 45.8 Å². The fourth-order valence-electron chi connectivity index (χ4n) is 9.41. The van der Waals surface area contributed by atoms with Crippen molar-refractivity contribution >= 4 is 17.5 Å². The van der Waals surface area contributed by atoms with Gasteiger partial charge in [-0.15, -0.1) is 0 Å². The van der Waals surface area contributed by atoms with Crippen molar-refractivity contribution in [3.63, 3.8) is 0 Å². The monoisotopic (exact) mass is 466 g/mol. The molecule has 0 N–H and O–H groups in total. The maximum absolute atomic E-state index is 14.1. The maximum Gasteiger partial charge on any atom is 0.333 e.